The van der Waals surface area contributed by atoms with Gasteiger partial charge < -0.3 is 4.74 Å². The molecule has 0 rings (SSSR count). The Labute approximate surface area is 137 Å². The molecule has 0 aromatic heterocycles. The molecule has 0 spiro atoms. The summed E-state index contributed by atoms with van der Waals surface area (Å²) in [4.78, 5) is 10.3. The van der Waals surface area contributed by atoms with Crippen LogP contribution in [0.25, 0.3) is 0 Å². The van der Waals surface area contributed by atoms with Crippen molar-refractivity contribution in [2.75, 3.05) is 0 Å². The molecule has 0 saturated heterocycles. The molecule has 0 bridgehead atoms. The third-order valence-corrected chi connectivity index (χ3v) is 2.69. The average molecular weight is 440 g/mol. The maximum atomic E-state index is 13.1. The van der Waals surface area contributed by atoms with Crippen molar-refractivity contribution < 1.29 is 75.4 Å². The predicted octanol–water partition coefficient (Wildman–Crippen LogP) is 5.05. The van der Waals surface area contributed by atoms with Crippen molar-refractivity contribution >= 4 is 5.97 Å². The average Bonchev–Trinajstić information content (AvgIpc) is 2.44. The molecule has 0 heterocycles. The molecule has 0 aliphatic heterocycles. The second-order valence-corrected chi connectivity index (χ2v) is 4.51. The van der Waals surface area contributed by atoms with Crippen molar-refractivity contribution in [2.24, 2.45) is 0 Å². The molecular formula is C10H3F15O2. The first-order chi connectivity index (χ1) is 11.5. The van der Waals surface area contributed by atoms with Gasteiger partial charge in [-0.1, -0.05) is 6.58 Å². The first kappa shape index (κ1) is 25.2. The molecule has 27 heavy (non-hydrogen) atoms. The molecule has 0 aromatic carbocycles. The van der Waals surface area contributed by atoms with E-state index < -0.39 is 53.9 Å². The van der Waals surface area contributed by atoms with Gasteiger partial charge in [-0.2, -0.15) is 65.9 Å². The lowest BCUT2D eigenvalue weighted by atomic mass is 9.93. The van der Waals surface area contributed by atoms with E-state index in [9.17, 15) is 70.7 Å². The van der Waals surface area contributed by atoms with Gasteiger partial charge in [-0.25, -0.2) is 4.79 Å². The summed E-state index contributed by atoms with van der Waals surface area (Å²) in [6.45, 7) is 2.30. The van der Waals surface area contributed by atoms with Gasteiger partial charge in [0, 0.05) is 6.08 Å². The summed E-state index contributed by atoms with van der Waals surface area (Å²) < 4.78 is 192. The van der Waals surface area contributed by atoms with Crippen molar-refractivity contribution in [3.63, 3.8) is 0 Å². The van der Waals surface area contributed by atoms with Gasteiger partial charge in [0.25, 0.3) is 0 Å². The van der Waals surface area contributed by atoms with Crippen LogP contribution in [-0.2, 0) is 9.53 Å². The number of hydrogen-bond donors (Lipinski definition) is 0. The summed E-state index contributed by atoms with van der Waals surface area (Å²) in [6, 6.07) is 0. The number of ether oxygens (including phenoxy) is 1. The van der Waals surface area contributed by atoms with Gasteiger partial charge in [0.05, 0.1) is 0 Å². The largest absolute Gasteiger partial charge is 0.473 e. The van der Waals surface area contributed by atoms with Crippen LogP contribution in [0.2, 0.25) is 0 Å². The number of carbonyl (C=O) groups is 1. The van der Waals surface area contributed by atoms with Crippen molar-refractivity contribution in [1.82, 2.24) is 0 Å². The zero-order valence-electron chi connectivity index (χ0n) is 11.8. The van der Waals surface area contributed by atoms with Crippen LogP contribution in [0.3, 0.4) is 0 Å². The minimum atomic E-state index is -8.42. The molecule has 0 aliphatic rings. The van der Waals surface area contributed by atoms with Crippen molar-refractivity contribution in [3.05, 3.63) is 12.7 Å². The molecule has 0 amide bonds. The van der Waals surface area contributed by atoms with E-state index in [0.29, 0.717) is 0 Å². The lowest BCUT2D eigenvalue weighted by Gasteiger charge is -2.40. The molecule has 0 atom stereocenters. The zero-order chi connectivity index (χ0) is 22.5. The minimum Gasteiger partial charge on any atom is -0.393 e. The molecule has 0 radical (unpaired) electrons. The van der Waals surface area contributed by atoms with E-state index in [1.165, 1.54) is 0 Å². The molecule has 2 nitrogen and oxygen atoms in total. The Balaban J connectivity index is 6.46. The highest BCUT2D eigenvalue weighted by Crippen LogP contribution is 2.62. The monoisotopic (exact) mass is 440 g/mol. The third-order valence-electron chi connectivity index (χ3n) is 2.69. The second-order valence-electron chi connectivity index (χ2n) is 4.51. The Morgan fingerprint density at radius 1 is 0.593 bits per heavy atom. The maximum Gasteiger partial charge on any atom is 0.473 e. The van der Waals surface area contributed by atoms with E-state index in [-0.39, 0.29) is 0 Å². The van der Waals surface area contributed by atoms with Gasteiger partial charge in [-0.15, -0.1) is 0 Å². The summed E-state index contributed by atoms with van der Waals surface area (Å²) in [7, 11) is 0. The first-order valence-corrected chi connectivity index (χ1v) is 5.64. The molecule has 160 valence electrons. The van der Waals surface area contributed by atoms with Gasteiger partial charge in [0.15, 0.2) is 0 Å². The normalized spacial score (nSPS) is 15.5. The highest BCUT2D eigenvalue weighted by molar-refractivity contribution is 5.81. The Bertz CT molecular complexity index is 588. The van der Waals surface area contributed by atoms with E-state index in [2.05, 4.69) is 11.3 Å². The van der Waals surface area contributed by atoms with Crippen LogP contribution in [-0.4, -0.2) is 47.9 Å². The van der Waals surface area contributed by atoms with E-state index in [4.69, 9.17) is 0 Å². The minimum absolute atomic E-state index is 0.410. The number of rotatable bonds is 7. The van der Waals surface area contributed by atoms with Crippen LogP contribution in [0.15, 0.2) is 12.7 Å². The summed E-state index contributed by atoms with van der Waals surface area (Å²) in [5.74, 6) is -43.7. The van der Waals surface area contributed by atoms with Crippen LogP contribution < -0.4 is 0 Å². The zero-order valence-corrected chi connectivity index (χ0v) is 11.8. The quantitative estimate of drug-likeness (QED) is 0.315. The number of halogens is 15. The van der Waals surface area contributed by atoms with E-state index in [1.807, 2.05) is 0 Å². The standard InChI is InChI=1S/C10H3F15O2/c1-2-3(26)27-10(24,25)8(19,20)6(15,16)4(11,12)5(13,14)7(17,18)9(21,22)23/h2H,1H2. The van der Waals surface area contributed by atoms with Crippen LogP contribution >= 0.6 is 0 Å². The number of alkyl halides is 15. The molecule has 0 aliphatic carbocycles. The number of hydrogen-bond acceptors (Lipinski definition) is 2. The van der Waals surface area contributed by atoms with Gasteiger partial charge in [0.2, 0.25) is 0 Å². The van der Waals surface area contributed by atoms with Crippen molar-refractivity contribution in [1.29, 1.82) is 0 Å². The Kier molecular flexibility index (Phi) is 5.92. The molecular weight excluding hydrogens is 437 g/mol. The summed E-state index contributed by atoms with van der Waals surface area (Å²) in [6.07, 6.45) is -15.1. The van der Waals surface area contributed by atoms with Crippen molar-refractivity contribution in [2.45, 2.75) is 41.9 Å². The van der Waals surface area contributed by atoms with Crippen LogP contribution in [0, 0.1) is 0 Å². The molecule has 0 aromatic rings. The molecule has 0 saturated carbocycles. The number of esters is 1. The summed E-state index contributed by atoms with van der Waals surface area (Å²) >= 11 is 0. The van der Waals surface area contributed by atoms with Crippen molar-refractivity contribution in [3.8, 4) is 0 Å². The topological polar surface area (TPSA) is 26.3 Å². The SMILES string of the molecule is C=CC(=O)OC(F)(F)C(F)(F)C(F)(F)C(F)(F)C(F)(F)C(F)(F)C(F)(F)F. The Morgan fingerprint density at radius 3 is 1.19 bits per heavy atom. The predicted molar refractivity (Wildman–Crippen MR) is 52.0 cm³/mol. The van der Waals surface area contributed by atoms with Gasteiger partial charge in [0.1, 0.15) is 0 Å². The highest BCUT2D eigenvalue weighted by atomic mass is 19.4. The van der Waals surface area contributed by atoms with E-state index >= 15 is 0 Å². The van der Waals surface area contributed by atoms with E-state index in [0.717, 1.165) is 0 Å². The third kappa shape index (κ3) is 3.39. The first-order valence-electron chi connectivity index (χ1n) is 5.64. The van der Waals surface area contributed by atoms with Crippen LogP contribution in [0.1, 0.15) is 0 Å². The lowest BCUT2D eigenvalue weighted by Crippen LogP contribution is -2.72. The second kappa shape index (κ2) is 6.35. The fraction of sp³-hybridized carbons (Fsp3) is 0.700. The summed E-state index contributed by atoms with van der Waals surface area (Å²) in [5, 5.41) is 0. The van der Waals surface area contributed by atoms with Gasteiger partial charge in [-0.05, 0) is 0 Å². The fourth-order valence-electron chi connectivity index (χ4n) is 1.18. The molecule has 0 N–H and O–H groups in total. The fourth-order valence-corrected chi connectivity index (χ4v) is 1.18. The van der Waals surface area contributed by atoms with Crippen LogP contribution in [0.5, 0.6) is 0 Å². The Hall–Kier alpha value is -1.84. The van der Waals surface area contributed by atoms with Gasteiger partial charge >= 0.3 is 47.9 Å². The highest BCUT2D eigenvalue weighted by Gasteiger charge is 2.94. The molecule has 17 heteroatoms. The van der Waals surface area contributed by atoms with Gasteiger partial charge in [-0.3, -0.25) is 0 Å². The Morgan fingerprint density at radius 2 is 0.889 bits per heavy atom. The maximum absolute atomic E-state index is 13.1. The van der Waals surface area contributed by atoms with E-state index in [1.54, 1.807) is 0 Å². The van der Waals surface area contributed by atoms with Crippen LogP contribution in [0.4, 0.5) is 65.9 Å². The summed E-state index contributed by atoms with van der Waals surface area (Å²) in [5.41, 5.74) is 0. The molecule has 0 fully saturated rings. The molecule has 0 unspecified atom stereocenters. The number of carbonyl (C=O) groups excluding carboxylic acids is 1. The smallest absolute Gasteiger partial charge is 0.393 e. The lowest BCUT2D eigenvalue weighted by molar-refractivity contribution is -0.467.